The Labute approximate surface area is 110 Å². The lowest BCUT2D eigenvalue weighted by Gasteiger charge is -2.09. The molecule has 0 spiro atoms. The molecule has 98 valence electrons. The third-order valence-corrected chi connectivity index (χ3v) is 2.86. The van der Waals surface area contributed by atoms with Crippen LogP contribution in [0.2, 0.25) is 0 Å². The number of aromatic nitrogens is 1. The maximum Gasteiger partial charge on any atom is 0.231 e. The predicted octanol–water partition coefficient (Wildman–Crippen LogP) is 1.88. The van der Waals surface area contributed by atoms with Gasteiger partial charge in [0.2, 0.25) is 6.79 Å². The first-order valence-electron chi connectivity index (χ1n) is 5.92. The average Bonchev–Trinajstić information content (AvgIpc) is 2.93. The minimum absolute atomic E-state index is 0.0929. The van der Waals surface area contributed by atoms with Crippen molar-refractivity contribution in [2.45, 2.75) is 13.2 Å². The normalized spacial score (nSPS) is 12.5. The number of benzene rings is 1. The molecule has 0 atom stereocenters. The van der Waals surface area contributed by atoms with Gasteiger partial charge in [0, 0.05) is 18.0 Å². The molecule has 1 aliphatic rings. The molecule has 0 bridgehead atoms. The first kappa shape index (κ1) is 11.8. The van der Waals surface area contributed by atoms with E-state index in [-0.39, 0.29) is 13.4 Å². The van der Waals surface area contributed by atoms with E-state index in [9.17, 15) is 5.11 Å². The molecule has 0 fully saturated rings. The first-order valence-corrected chi connectivity index (χ1v) is 5.92. The second-order valence-corrected chi connectivity index (χ2v) is 4.12. The summed E-state index contributed by atoms with van der Waals surface area (Å²) < 4.78 is 16.2. The van der Waals surface area contributed by atoms with Gasteiger partial charge in [-0.15, -0.1) is 0 Å². The van der Waals surface area contributed by atoms with E-state index in [0.29, 0.717) is 17.9 Å². The Balaban J connectivity index is 1.72. The molecule has 1 aromatic heterocycles. The van der Waals surface area contributed by atoms with E-state index in [0.717, 1.165) is 17.1 Å². The van der Waals surface area contributed by atoms with Crippen LogP contribution in [0.4, 0.5) is 0 Å². The predicted molar refractivity (Wildman–Crippen MR) is 67.1 cm³/mol. The Hall–Kier alpha value is -2.27. The van der Waals surface area contributed by atoms with E-state index in [1.54, 1.807) is 18.5 Å². The van der Waals surface area contributed by atoms with E-state index in [2.05, 4.69) is 4.98 Å². The summed E-state index contributed by atoms with van der Waals surface area (Å²) in [6.45, 7) is 0.566. The lowest BCUT2D eigenvalue weighted by atomic mass is 10.2. The Morgan fingerprint density at radius 3 is 3.00 bits per heavy atom. The average molecular weight is 259 g/mol. The molecule has 0 saturated heterocycles. The van der Waals surface area contributed by atoms with E-state index >= 15 is 0 Å². The molecule has 0 aliphatic carbocycles. The molecule has 0 radical (unpaired) electrons. The van der Waals surface area contributed by atoms with Crippen molar-refractivity contribution in [2.75, 3.05) is 6.79 Å². The van der Waals surface area contributed by atoms with Crippen LogP contribution in [-0.2, 0) is 13.2 Å². The van der Waals surface area contributed by atoms with Gasteiger partial charge in [-0.3, -0.25) is 4.98 Å². The largest absolute Gasteiger partial charge is 0.488 e. The first-order chi connectivity index (χ1) is 9.36. The van der Waals surface area contributed by atoms with Gasteiger partial charge in [-0.25, -0.2) is 0 Å². The topological polar surface area (TPSA) is 60.8 Å². The Morgan fingerprint density at radius 1 is 1.21 bits per heavy atom. The number of nitrogens with zero attached hydrogens (tertiary/aromatic N) is 1. The van der Waals surface area contributed by atoms with Gasteiger partial charge in [0.05, 0.1) is 6.61 Å². The van der Waals surface area contributed by atoms with Crippen molar-refractivity contribution in [1.82, 2.24) is 4.98 Å². The SMILES string of the molecule is OCc1cnccc1OCc1ccc2c(c1)OCO2. The molecule has 19 heavy (non-hydrogen) atoms. The maximum atomic E-state index is 9.19. The summed E-state index contributed by atoms with van der Waals surface area (Å²) in [6.07, 6.45) is 3.23. The maximum absolute atomic E-state index is 9.19. The third kappa shape index (κ3) is 2.46. The second-order valence-electron chi connectivity index (χ2n) is 4.12. The van der Waals surface area contributed by atoms with Crippen molar-refractivity contribution in [2.24, 2.45) is 0 Å². The highest BCUT2D eigenvalue weighted by Gasteiger charge is 2.13. The molecule has 3 rings (SSSR count). The number of pyridine rings is 1. The summed E-state index contributed by atoms with van der Waals surface area (Å²) in [5.41, 5.74) is 1.65. The number of aliphatic hydroxyl groups excluding tert-OH is 1. The lowest BCUT2D eigenvalue weighted by molar-refractivity contribution is 0.174. The number of rotatable bonds is 4. The number of hydrogen-bond acceptors (Lipinski definition) is 5. The van der Waals surface area contributed by atoms with Crippen LogP contribution < -0.4 is 14.2 Å². The molecule has 0 saturated carbocycles. The highest BCUT2D eigenvalue weighted by atomic mass is 16.7. The zero-order valence-corrected chi connectivity index (χ0v) is 10.2. The van der Waals surface area contributed by atoms with Crippen LogP contribution in [0.5, 0.6) is 17.2 Å². The van der Waals surface area contributed by atoms with Crippen molar-refractivity contribution < 1.29 is 19.3 Å². The lowest BCUT2D eigenvalue weighted by Crippen LogP contribution is -1.99. The highest BCUT2D eigenvalue weighted by Crippen LogP contribution is 2.32. The molecule has 1 N–H and O–H groups in total. The van der Waals surface area contributed by atoms with Crippen LogP contribution >= 0.6 is 0 Å². The molecule has 5 heteroatoms. The van der Waals surface area contributed by atoms with Crippen molar-refractivity contribution in [3.05, 3.63) is 47.8 Å². The summed E-state index contributed by atoms with van der Waals surface area (Å²) >= 11 is 0. The monoisotopic (exact) mass is 259 g/mol. The molecule has 1 aromatic carbocycles. The molecular formula is C14H13NO4. The van der Waals surface area contributed by atoms with Crippen LogP contribution in [0.25, 0.3) is 0 Å². The van der Waals surface area contributed by atoms with Gasteiger partial charge >= 0.3 is 0 Å². The van der Waals surface area contributed by atoms with Gasteiger partial charge in [0.25, 0.3) is 0 Å². The van der Waals surface area contributed by atoms with Gasteiger partial charge in [0.15, 0.2) is 11.5 Å². The zero-order chi connectivity index (χ0) is 13.1. The van der Waals surface area contributed by atoms with Crippen LogP contribution in [0.15, 0.2) is 36.7 Å². The van der Waals surface area contributed by atoms with Gasteiger partial charge in [-0.1, -0.05) is 6.07 Å². The van der Waals surface area contributed by atoms with Crippen LogP contribution in [0.1, 0.15) is 11.1 Å². The molecule has 2 heterocycles. The van der Waals surface area contributed by atoms with E-state index in [4.69, 9.17) is 14.2 Å². The van der Waals surface area contributed by atoms with Crippen LogP contribution in [0, 0.1) is 0 Å². The molecular weight excluding hydrogens is 246 g/mol. The van der Waals surface area contributed by atoms with E-state index < -0.39 is 0 Å². The van der Waals surface area contributed by atoms with Crippen molar-refractivity contribution >= 4 is 0 Å². The fourth-order valence-electron chi connectivity index (χ4n) is 1.87. The molecule has 1 aliphatic heterocycles. The standard InChI is InChI=1S/C14H13NO4/c16-7-11-6-15-4-3-12(11)17-8-10-1-2-13-14(5-10)19-9-18-13/h1-6,16H,7-9H2. The molecule has 5 nitrogen and oxygen atoms in total. The fraction of sp³-hybridized carbons (Fsp3) is 0.214. The van der Waals surface area contributed by atoms with Crippen LogP contribution in [0.3, 0.4) is 0 Å². The second kappa shape index (κ2) is 5.16. The Kier molecular flexibility index (Phi) is 3.20. The third-order valence-electron chi connectivity index (χ3n) is 2.86. The Bertz CT molecular complexity index is 585. The van der Waals surface area contributed by atoms with Gasteiger partial charge in [0.1, 0.15) is 12.4 Å². The number of fused-ring (bicyclic) bond motifs is 1. The highest BCUT2D eigenvalue weighted by molar-refractivity contribution is 5.44. The van der Waals surface area contributed by atoms with Crippen molar-refractivity contribution in [3.8, 4) is 17.2 Å². The minimum Gasteiger partial charge on any atom is -0.488 e. The zero-order valence-electron chi connectivity index (χ0n) is 10.2. The van der Waals surface area contributed by atoms with Gasteiger partial charge < -0.3 is 19.3 Å². The summed E-state index contributed by atoms with van der Waals surface area (Å²) in [6, 6.07) is 7.41. The van der Waals surface area contributed by atoms with Crippen molar-refractivity contribution in [1.29, 1.82) is 0 Å². The summed E-state index contributed by atoms with van der Waals surface area (Å²) in [5.74, 6) is 2.12. The van der Waals surface area contributed by atoms with Crippen molar-refractivity contribution in [3.63, 3.8) is 0 Å². The summed E-state index contributed by atoms with van der Waals surface area (Å²) in [4.78, 5) is 3.94. The minimum atomic E-state index is -0.0929. The molecule has 0 unspecified atom stereocenters. The number of ether oxygens (including phenoxy) is 3. The summed E-state index contributed by atoms with van der Waals surface area (Å²) in [7, 11) is 0. The molecule has 2 aromatic rings. The number of hydrogen-bond donors (Lipinski definition) is 1. The quantitative estimate of drug-likeness (QED) is 0.908. The number of aliphatic hydroxyl groups is 1. The van der Waals surface area contributed by atoms with E-state index in [1.165, 1.54) is 0 Å². The Morgan fingerprint density at radius 2 is 2.11 bits per heavy atom. The van der Waals surface area contributed by atoms with Crippen LogP contribution in [-0.4, -0.2) is 16.9 Å². The van der Waals surface area contributed by atoms with Gasteiger partial charge in [-0.05, 0) is 23.8 Å². The van der Waals surface area contributed by atoms with E-state index in [1.807, 2.05) is 18.2 Å². The fourth-order valence-corrected chi connectivity index (χ4v) is 1.87. The van der Waals surface area contributed by atoms with Gasteiger partial charge in [-0.2, -0.15) is 0 Å². The summed E-state index contributed by atoms with van der Waals surface area (Å²) in [5, 5.41) is 9.19. The smallest absolute Gasteiger partial charge is 0.231 e. The molecule has 0 amide bonds.